The molecular weight excluding hydrogens is 420 g/mol. The molecular formula is C24H16N6OS. The zero-order valence-electron chi connectivity index (χ0n) is 16.8. The highest BCUT2D eigenvalue weighted by Gasteiger charge is 2.14. The number of aromatic amines is 1. The standard InChI is InChI=1S/C24H16N6OS/c1-26-22-21(19-11-9-18(10-12-19)17-5-3-2-4-6-17)27-24(28-23(22)31)32-15-16-7-13-20(14-8-16)29-30-25/h2-14H,15H2,(H,27,28,31). The van der Waals surface area contributed by atoms with Gasteiger partial charge in [0.05, 0.1) is 12.3 Å². The Labute approximate surface area is 188 Å². The maximum atomic E-state index is 12.5. The van der Waals surface area contributed by atoms with Gasteiger partial charge in [-0.15, -0.1) is 0 Å². The van der Waals surface area contributed by atoms with Gasteiger partial charge in [-0.05, 0) is 27.8 Å². The average Bonchev–Trinajstić information content (AvgIpc) is 2.84. The Morgan fingerprint density at radius 1 is 0.938 bits per heavy atom. The van der Waals surface area contributed by atoms with E-state index in [-0.39, 0.29) is 5.69 Å². The van der Waals surface area contributed by atoms with Crippen LogP contribution < -0.4 is 5.56 Å². The van der Waals surface area contributed by atoms with Crippen molar-refractivity contribution in [2.24, 2.45) is 5.11 Å². The van der Waals surface area contributed by atoms with Gasteiger partial charge >= 0.3 is 0 Å². The summed E-state index contributed by atoms with van der Waals surface area (Å²) in [5.74, 6) is 0.559. The normalized spacial score (nSPS) is 10.2. The van der Waals surface area contributed by atoms with Gasteiger partial charge in [-0.2, -0.15) is 0 Å². The van der Waals surface area contributed by atoms with Gasteiger partial charge < -0.3 is 4.98 Å². The van der Waals surface area contributed by atoms with Crippen LogP contribution in [0.25, 0.3) is 37.7 Å². The van der Waals surface area contributed by atoms with Crippen LogP contribution >= 0.6 is 11.8 Å². The van der Waals surface area contributed by atoms with Crippen molar-refractivity contribution in [2.75, 3.05) is 0 Å². The summed E-state index contributed by atoms with van der Waals surface area (Å²) < 4.78 is 0. The highest BCUT2D eigenvalue weighted by Crippen LogP contribution is 2.30. The molecule has 1 N–H and O–H groups in total. The second-order valence-corrected chi connectivity index (χ2v) is 7.73. The van der Waals surface area contributed by atoms with Gasteiger partial charge in [0.1, 0.15) is 0 Å². The summed E-state index contributed by atoms with van der Waals surface area (Å²) >= 11 is 1.36. The van der Waals surface area contributed by atoms with Crippen LogP contribution in [-0.4, -0.2) is 9.97 Å². The fraction of sp³-hybridized carbons (Fsp3) is 0.0417. The van der Waals surface area contributed by atoms with Crippen LogP contribution in [0, 0.1) is 6.57 Å². The van der Waals surface area contributed by atoms with Crippen LogP contribution in [0.3, 0.4) is 0 Å². The van der Waals surface area contributed by atoms with Crippen molar-refractivity contribution in [3.8, 4) is 22.4 Å². The highest BCUT2D eigenvalue weighted by atomic mass is 32.2. The Balaban J connectivity index is 1.60. The molecule has 4 aromatic rings. The third-order valence-electron chi connectivity index (χ3n) is 4.72. The number of rotatable bonds is 6. The summed E-state index contributed by atoms with van der Waals surface area (Å²) in [6.07, 6.45) is 0. The minimum absolute atomic E-state index is 0.0273. The molecule has 0 aliphatic carbocycles. The van der Waals surface area contributed by atoms with Crippen LogP contribution in [0.4, 0.5) is 11.4 Å². The van der Waals surface area contributed by atoms with E-state index < -0.39 is 5.56 Å². The van der Waals surface area contributed by atoms with E-state index in [9.17, 15) is 4.79 Å². The molecule has 154 valence electrons. The fourth-order valence-corrected chi connectivity index (χ4v) is 3.95. The summed E-state index contributed by atoms with van der Waals surface area (Å²) in [5, 5.41) is 3.99. The van der Waals surface area contributed by atoms with E-state index in [1.807, 2.05) is 66.7 Å². The van der Waals surface area contributed by atoms with E-state index in [0.717, 1.165) is 16.7 Å². The molecule has 0 saturated carbocycles. The molecule has 7 nitrogen and oxygen atoms in total. The Hall–Kier alpha value is -4.31. The van der Waals surface area contributed by atoms with Crippen LogP contribution in [0.1, 0.15) is 5.56 Å². The molecule has 0 aliphatic heterocycles. The number of thioether (sulfide) groups is 1. The molecule has 4 rings (SSSR count). The lowest BCUT2D eigenvalue weighted by Crippen LogP contribution is -2.09. The number of H-pyrrole nitrogens is 1. The first-order valence-corrected chi connectivity index (χ1v) is 10.6. The molecule has 1 aromatic heterocycles. The van der Waals surface area contributed by atoms with Crippen molar-refractivity contribution in [1.82, 2.24) is 9.97 Å². The van der Waals surface area contributed by atoms with E-state index in [1.54, 1.807) is 12.1 Å². The molecule has 0 amide bonds. The maximum Gasteiger partial charge on any atom is 0.276 e. The fourth-order valence-electron chi connectivity index (χ4n) is 3.13. The molecule has 3 aromatic carbocycles. The van der Waals surface area contributed by atoms with Crippen molar-refractivity contribution in [1.29, 1.82) is 0 Å². The number of aromatic nitrogens is 2. The molecule has 0 bridgehead atoms. The predicted molar refractivity (Wildman–Crippen MR) is 127 cm³/mol. The van der Waals surface area contributed by atoms with Crippen molar-refractivity contribution >= 4 is 23.1 Å². The van der Waals surface area contributed by atoms with Crippen LogP contribution in [0.5, 0.6) is 0 Å². The largest absolute Gasteiger partial charge is 0.311 e. The molecule has 0 atom stereocenters. The average molecular weight is 437 g/mol. The molecule has 1 heterocycles. The van der Waals surface area contributed by atoms with Crippen LogP contribution in [0.2, 0.25) is 0 Å². The van der Waals surface area contributed by atoms with Crippen molar-refractivity contribution in [3.05, 3.63) is 117 Å². The van der Waals surface area contributed by atoms with E-state index >= 15 is 0 Å². The van der Waals surface area contributed by atoms with Gasteiger partial charge in [-0.25, -0.2) is 9.83 Å². The first-order valence-electron chi connectivity index (χ1n) is 9.62. The lowest BCUT2D eigenvalue weighted by Gasteiger charge is -2.08. The minimum Gasteiger partial charge on any atom is -0.311 e. The van der Waals surface area contributed by atoms with Gasteiger partial charge in [0, 0.05) is 16.4 Å². The monoisotopic (exact) mass is 436 g/mol. The summed E-state index contributed by atoms with van der Waals surface area (Å²) in [4.78, 5) is 25.9. The Bertz CT molecular complexity index is 1380. The third kappa shape index (κ3) is 4.71. The molecule has 0 unspecified atom stereocenters. The first kappa shape index (κ1) is 20.9. The topological polar surface area (TPSA) is 98.9 Å². The van der Waals surface area contributed by atoms with Gasteiger partial charge in [0.25, 0.3) is 11.2 Å². The number of azide groups is 1. The smallest absolute Gasteiger partial charge is 0.276 e. The summed E-state index contributed by atoms with van der Waals surface area (Å²) in [6, 6.07) is 24.8. The summed E-state index contributed by atoms with van der Waals surface area (Å²) in [7, 11) is 0. The number of benzene rings is 3. The Morgan fingerprint density at radius 3 is 2.25 bits per heavy atom. The lowest BCUT2D eigenvalue weighted by atomic mass is 10.0. The highest BCUT2D eigenvalue weighted by molar-refractivity contribution is 7.98. The van der Waals surface area contributed by atoms with Crippen LogP contribution in [0.15, 0.2) is 93.9 Å². The predicted octanol–water partition coefficient (Wildman–Crippen LogP) is 6.89. The molecule has 0 fully saturated rings. The molecule has 0 spiro atoms. The lowest BCUT2D eigenvalue weighted by molar-refractivity contribution is 0.949. The van der Waals surface area contributed by atoms with Gasteiger partial charge in [-0.1, -0.05) is 95.7 Å². The summed E-state index contributed by atoms with van der Waals surface area (Å²) in [5.41, 5.74) is 12.7. The molecule has 0 saturated heterocycles. The quantitative estimate of drug-likeness (QED) is 0.0889. The van der Waals surface area contributed by atoms with Crippen molar-refractivity contribution in [3.63, 3.8) is 0 Å². The van der Waals surface area contributed by atoms with E-state index in [2.05, 4.69) is 24.8 Å². The Morgan fingerprint density at radius 2 is 1.59 bits per heavy atom. The zero-order chi connectivity index (χ0) is 22.3. The van der Waals surface area contributed by atoms with Gasteiger partial charge in [0.15, 0.2) is 5.16 Å². The third-order valence-corrected chi connectivity index (χ3v) is 5.67. The SMILES string of the molecule is [C-]#[N+]c1c(-c2ccc(-c3ccccc3)cc2)nc(SCc2ccc(N=[N+]=[N-])cc2)[nH]c1=O. The first-order chi connectivity index (χ1) is 15.7. The van der Waals surface area contributed by atoms with Gasteiger partial charge in [-0.3, -0.25) is 4.79 Å². The molecule has 8 heteroatoms. The van der Waals surface area contributed by atoms with E-state index in [4.69, 9.17) is 12.1 Å². The summed E-state index contributed by atoms with van der Waals surface area (Å²) in [6.45, 7) is 7.44. The second-order valence-electron chi connectivity index (χ2n) is 6.77. The van der Waals surface area contributed by atoms with Gasteiger partial charge in [0.2, 0.25) is 0 Å². The van der Waals surface area contributed by atoms with Crippen LogP contribution in [-0.2, 0) is 5.75 Å². The number of nitrogens with one attached hydrogen (secondary N) is 1. The van der Waals surface area contributed by atoms with E-state index in [0.29, 0.717) is 27.9 Å². The zero-order valence-corrected chi connectivity index (χ0v) is 17.6. The minimum atomic E-state index is -0.460. The maximum absolute atomic E-state index is 12.5. The molecule has 0 aliphatic rings. The van der Waals surface area contributed by atoms with Crippen molar-refractivity contribution < 1.29 is 0 Å². The number of hydrogen-bond acceptors (Lipinski definition) is 4. The molecule has 32 heavy (non-hydrogen) atoms. The number of hydrogen-bond donors (Lipinski definition) is 1. The van der Waals surface area contributed by atoms with E-state index in [1.165, 1.54) is 11.8 Å². The number of nitrogens with zero attached hydrogens (tertiary/aromatic N) is 5. The van der Waals surface area contributed by atoms with Crippen molar-refractivity contribution in [2.45, 2.75) is 10.9 Å². The molecule has 0 radical (unpaired) electrons. The Kier molecular flexibility index (Phi) is 6.33. The second kappa shape index (κ2) is 9.67.